The number of aromatic nitrogens is 3. The van der Waals surface area contributed by atoms with Crippen LogP contribution in [-0.2, 0) is 12.8 Å². The summed E-state index contributed by atoms with van der Waals surface area (Å²) in [6.07, 6.45) is 3.54. The van der Waals surface area contributed by atoms with E-state index in [0.29, 0.717) is 11.6 Å². The molecule has 1 aliphatic heterocycles. The van der Waals surface area contributed by atoms with Crippen molar-refractivity contribution in [2.45, 2.75) is 12.8 Å². The van der Waals surface area contributed by atoms with Crippen LogP contribution in [0.5, 0.6) is 5.88 Å². The summed E-state index contributed by atoms with van der Waals surface area (Å²) in [5, 5.41) is 6.94. The molecule has 0 bridgehead atoms. The Morgan fingerprint density at radius 1 is 1.14 bits per heavy atom. The summed E-state index contributed by atoms with van der Waals surface area (Å²) >= 11 is 1.77. The number of hydrogen-bond acceptors (Lipinski definition) is 6. The number of piperazine rings is 1. The van der Waals surface area contributed by atoms with Crippen LogP contribution < -0.4 is 4.74 Å². The van der Waals surface area contributed by atoms with Crippen LogP contribution in [0, 0.1) is 0 Å². The minimum Gasteiger partial charge on any atom is -0.481 e. The minimum absolute atomic E-state index is 0.0354. The van der Waals surface area contributed by atoms with Crippen molar-refractivity contribution in [3.05, 3.63) is 45.9 Å². The lowest BCUT2D eigenvalue weighted by Gasteiger charge is -2.32. The third-order valence-electron chi connectivity index (χ3n) is 5.75. The zero-order chi connectivity index (χ0) is 20.0. The normalized spacial score (nSPS) is 16.4. The van der Waals surface area contributed by atoms with Crippen LogP contribution in [0.25, 0.3) is 16.9 Å². The molecule has 5 rings (SSSR count). The second-order valence-electron chi connectivity index (χ2n) is 7.50. The summed E-state index contributed by atoms with van der Waals surface area (Å²) in [6, 6.07) is 5.89. The molecule has 0 spiro atoms. The summed E-state index contributed by atoms with van der Waals surface area (Å²) in [5.41, 5.74) is 4.67. The first-order chi connectivity index (χ1) is 14.2. The number of methoxy groups -OCH3 is 1. The fourth-order valence-electron chi connectivity index (χ4n) is 4.08. The smallest absolute Gasteiger partial charge is 0.274 e. The van der Waals surface area contributed by atoms with Crippen LogP contribution in [0.15, 0.2) is 29.8 Å². The maximum Gasteiger partial charge on any atom is 0.274 e. The Hall–Kier alpha value is -2.71. The number of thiophene rings is 1. The summed E-state index contributed by atoms with van der Waals surface area (Å²) < 4.78 is 7.07. The van der Waals surface area contributed by atoms with Gasteiger partial charge in [0.25, 0.3) is 5.91 Å². The molecule has 0 saturated carbocycles. The number of fused-ring (bicyclic) bond motifs is 3. The Morgan fingerprint density at radius 2 is 1.97 bits per heavy atom. The molecule has 3 aromatic heterocycles. The Kier molecular flexibility index (Phi) is 4.60. The highest BCUT2D eigenvalue weighted by Gasteiger charge is 2.32. The molecular formula is C21H23N5O2S. The summed E-state index contributed by atoms with van der Waals surface area (Å²) in [7, 11) is 3.69. The van der Waals surface area contributed by atoms with Crippen molar-refractivity contribution in [2.75, 3.05) is 40.3 Å². The van der Waals surface area contributed by atoms with Crippen molar-refractivity contribution in [2.24, 2.45) is 0 Å². The molecule has 2 aliphatic rings. The van der Waals surface area contributed by atoms with Gasteiger partial charge in [0.1, 0.15) is 0 Å². The molecule has 1 saturated heterocycles. The van der Waals surface area contributed by atoms with E-state index >= 15 is 0 Å². The van der Waals surface area contributed by atoms with Gasteiger partial charge in [0.15, 0.2) is 5.69 Å². The standard InChI is InChI=1S/C21H23N5O2S/c1-24-8-10-25(11-9-24)21(27)19-16-4-5-17-15(7-12-29-17)20(16)26(23-19)14-3-6-18(28-2)22-13-14/h3,6-7,12-13H,4-5,8-11H2,1-2H3. The molecule has 29 heavy (non-hydrogen) atoms. The lowest BCUT2D eigenvalue weighted by molar-refractivity contribution is 0.0656. The number of nitrogens with zero attached hydrogens (tertiary/aromatic N) is 5. The van der Waals surface area contributed by atoms with Gasteiger partial charge in [-0.05, 0) is 37.4 Å². The van der Waals surface area contributed by atoms with E-state index < -0.39 is 0 Å². The van der Waals surface area contributed by atoms with Gasteiger partial charge in [0.2, 0.25) is 5.88 Å². The van der Waals surface area contributed by atoms with Gasteiger partial charge >= 0.3 is 0 Å². The Morgan fingerprint density at radius 3 is 2.69 bits per heavy atom. The molecule has 4 heterocycles. The van der Waals surface area contributed by atoms with Crippen LogP contribution in [0.2, 0.25) is 0 Å². The first kappa shape index (κ1) is 18.3. The van der Waals surface area contributed by atoms with Gasteiger partial charge in [-0.1, -0.05) is 0 Å². The number of aryl methyl sites for hydroxylation is 1. The third-order valence-corrected chi connectivity index (χ3v) is 6.73. The number of pyridine rings is 1. The monoisotopic (exact) mass is 409 g/mol. The molecule has 0 radical (unpaired) electrons. The van der Waals surface area contributed by atoms with Crippen molar-refractivity contribution in [3.63, 3.8) is 0 Å². The van der Waals surface area contributed by atoms with E-state index in [1.54, 1.807) is 24.6 Å². The molecule has 0 N–H and O–H groups in total. The van der Waals surface area contributed by atoms with E-state index in [1.165, 1.54) is 10.4 Å². The second kappa shape index (κ2) is 7.27. The average molecular weight is 410 g/mol. The van der Waals surface area contributed by atoms with Crippen LogP contribution in [-0.4, -0.2) is 70.8 Å². The van der Waals surface area contributed by atoms with Gasteiger partial charge < -0.3 is 14.5 Å². The van der Waals surface area contributed by atoms with Crippen LogP contribution >= 0.6 is 11.3 Å². The first-order valence-corrected chi connectivity index (χ1v) is 10.7. The van der Waals surface area contributed by atoms with Gasteiger partial charge in [-0.25, -0.2) is 9.67 Å². The predicted molar refractivity (Wildman–Crippen MR) is 112 cm³/mol. The molecule has 8 heteroatoms. The number of ether oxygens (including phenoxy) is 1. The van der Waals surface area contributed by atoms with E-state index in [9.17, 15) is 4.79 Å². The molecular weight excluding hydrogens is 386 g/mol. The summed E-state index contributed by atoms with van der Waals surface area (Å²) in [5.74, 6) is 0.591. The molecule has 3 aromatic rings. The third kappa shape index (κ3) is 3.12. The highest BCUT2D eigenvalue weighted by molar-refractivity contribution is 7.10. The van der Waals surface area contributed by atoms with Gasteiger partial charge in [0, 0.05) is 48.2 Å². The van der Waals surface area contributed by atoms with E-state index in [1.807, 2.05) is 21.7 Å². The van der Waals surface area contributed by atoms with Gasteiger partial charge in [-0.3, -0.25) is 4.79 Å². The Balaban J connectivity index is 1.61. The first-order valence-electron chi connectivity index (χ1n) is 9.82. The van der Waals surface area contributed by atoms with Crippen LogP contribution in [0.1, 0.15) is 20.9 Å². The number of hydrogen-bond donors (Lipinski definition) is 0. The predicted octanol–water partition coefficient (Wildman–Crippen LogP) is 2.49. The van der Waals surface area contributed by atoms with Gasteiger partial charge in [0.05, 0.1) is 24.7 Å². The molecule has 1 fully saturated rings. The zero-order valence-electron chi connectivity index (χ0n) is 16.6. The molecule has 7 nitrogen and oxygen atoms in total. The Bertz CT molecular complexity index is 1050. The van der Waals surface area contributed by atoms with Gasteiger partial charge in [-0.2, -0.15) is 5.10 Å². The topological polar surface area (TPSA) is 63.5 Å². The number of carbonyl (C=O) groups is 1. The van der Waals surface area contributed by atoms with Crippen LogP contribution in [0.4, 0.5) is 0 Å². The largest absolute Gasteiger partial charge is 0.481 e. The lowest BCUT2D eigenvalue weighted by atomic mass is 9.94. The number of likely N-dealkylation sites (N-methyl/N-ethyl adjacent to an activating group) is 1. The maximum absolute atomic E-state index is 13.4. The molecule has 0 atom stereocenters. The van der Waals surface area contributed by atoms with Crippen molar-refractivity contribution in [1.82, 2.24) is 24.6 Å². The van der Waals surface area contributed by atoms with Crippen molar-refractivity contribution < 1.29 is 9.53 Å². The zero-order valence-corrected chi connectivity index (χ0v) is 17.4. The maximum atomic E-state index is 13.4. The number of amides is 1. The molecule has 1 amide bonds. The highest BCUT2D eigenvalue weighted by atomic mass is 32.1. The van der Waals surface area contributed by atoms with E-state index in [-0.39, 0.29) is 5.91 Å². The van der Waals surface area contributed by atoms with Crippen molar-refractivity contribution in [3.8, 4) is 22.8 Å². The van der Waals surface area contributed by atoms with E-state index in [2.05, 4.69) is 28.4 Å². The molecule has 0 unspecified atom stereocenters. The fourth-order valence-corrected chi connectivity index (χ4v) is 4.96. The average Bonchev–Trinajstić information content (AvgIpc) is 3.38. The van der Waals surface area contributed by atoms with Crippen molar-refractivity contribution >= 4 is 17.2 Å². The second-order valence-corrected chi connectivity index (χ2v) is 8.50. The summed E-state index contributed by atoms with van der Waals surface area (Å²) in [4.78, 5) is 23.2. The quantitative estimate of drug-likeness (QED) is 0.665. The van der Waals surface area contributed by atoms with E-state index in [0.717, 1.165) is 56.0 Å². The van der Waals surface area contributed by atoms with E-state index in [4.69, 9.17) is 9.84 Å². The fraction of sp³-hybridized carbons (Fsp3) is 0.381. The van der Waals surface area contributed by atoms with Crippen molar-refractivity contribution in [1.29, 1.82) is 0 Å². The highest BCUT2D eigenvalue weighted by Crippen LogP contribution is 2.39. The lowest BCUT2D eigenvalue weighted by Crippen LogP contribution is -2.47. The summed E-state index contributed by atoms with van der Waals surface area (Å²) in [6.45, 7) is 3.27. The molecule has 0 aromatic carbocycles. The number of carbonyl (C=O) groups excluding carboxylic acids is 1. The number of rotatable bonds is 3. The molecule has 150 valence electrons. The van der Waals surface area contributed by atoms with Gasteiger partial charge in [-0.15, -0.1) is 11.3 Å². The SMILES string of the molecule is COc1ccc(-n2nc(C(=O)N3CCN(C)CC3)c3c2-c2ccsc2CC3)cn1. The van der Waals surface area contributed by atoms with Crippen LogP contribution in [0.3, 0.4) is 0 Å². The molecule has 1 aliphatic carbocycles. The Labute approximate surface area is 173 Å². The minimum atomic E-state index is 0.0354.